The first-order chi connectivity index (χ1) is 9.16. The van der Waals surface area contributed by atoms with Crippen molar-refractivity contribution in [3.05, 3.63) is 35.2 Å². The van der Waals surface area contributed by atoms with Crippen LogP contribution in [0.2, 0.25) is 0 Å². The molecule has 1 saturated heterocycles. The summed E-state index contributed by atoms with van der Waals surface area (Å²) in [6, 6.07) is 11.0. The number of thiophene rings is 1. The average molecular weight is 293 g/mol. The van der Waals surface area contributed by atoms with Gasteiger partial charge in [0.1, 0.15) is 0 Å². The molecule has 0 unspecified atom stereocenters. The third-order valence-electron chi connectivity index (χ3n) is 3.69. The van der Waals surface area contributed by atoms with Gasteiger partial charge in [-0.1, -0.05) is 18.2 Å². The predicted octanol–water partition coefficient (Wildman–Crippen LogP) is 3.42. The van der Waals surface area contributed by atoms with E-state index in [-0.39, 0.29) is 0 Å². The van der Waals surface area contributed by atoms with Crippen molar-refractivity contribution < 1.29 is 5.11 Å². The second-order valence-electron chi connectivity index (χ2n) is 5.32. The minimum Gasteiger partial charge on any atom is -0.388 e. The summed E-state index contributed by atoms with van der Waals surface area (Å²) in [6.07, 6.45) is 0.907. The molecule has 102 valence electrons. The van der Waals surface area contributed by atoms with Crippen LogP contribution in [0.15, 0.2) is 30.3 Å². The van der Waals surface area contributed by atoms with Gasteiger partial charge in [0.2, 0.25) is 0 Å². The number of fused-ring (bicyclic) bond motifs is 1. The summed E-state index contributed by atoms with van der Waals surface area (Å²) in [6.45, 7) is 2.87. The van der Waals surface area contributed by atoms with Crippen molar-refractivity contribution in [3.63, 3.8) is 0 Å². The molecule has 2 N–H and O–H groups in total. The van der Waals surface area contributed by atoms with Gasteiger partial charge in [0.25, 0.3) is 0 Å². The zero-order valence-corrected chi connectivity index (χ0v) is 12.7. The van der Waals surface area contributed by atoms with Gasteiger partial charge in [0.05, 0.1) is 5.60 Å². The Morgan fingerprint density at radius 3 is 3.00 bits per heavy atom. The van der Waals surface area contributed by atoms with Crippen LogP contribution >= 0.6 is 23.1 Å². The van der Waals surface area contributed by atoms with E-state index in [2.05, 4.69) is 42.6 Å². The Morgan fingerprint density at radius 1 is 1.42 bits per heavy atom. The summed E-state index contributed by atoms with van der Waals surface area (Å²) in [7, 11) is 0. The fourth-order valence-electron chi connectivity index (χ4n) is 2.40. The quantitative estimate of drug-likeness (QED) is 0.906. The molecule has 1 fully saturated rings. The smallest absolute Gasteiger partial charge is 0.0869 e. The van der Waals surface area contributed by atoms with Gasteiger partial charge in [-0.25, -0.2) is 0 Å². The summed E-state index contributed by atoms with van der Waals surface area (Å²) in [4.78, 5) is 1.34. The van der Waals surface area contributed by atoms with Gasteiger partial charge in [-0.3, -0.25) is 0 Å². The van der Waals surface area contributed by atoms with Gasteiger partial charge in [-0.15, -0.1) is 11.3 Å². The molecule has 1 aromatic heterocycles. The first-order valence-electron chi connectivity index (χ1n) is 6.68. The Hall–Kier alpha value is -0.550. The molecule has 3 rings (SSSR count). The van der Waals surface area contributed by atoms with Crippen molar-refractivity contribution in [1.29, 1.82) is 0 Å². The summed E-state index contributed by atoms with van der Waals surface area (Å²) < 4.78 is 1.33. The lowest BCUT2D eigenvalue weighted by atomic mass is 10.0. The molecule has 0 spiro atoms. The number of nitrogens with one attached hydrogen (secondary N) is 1. The number of rotatable bonds is 4. The highest BCUT2D eigenvalue weighted by Gasteiger charge is 2.31. The highest BCUT2D eigenvalue weighted by atomic mass is 32.2. The van der Waals surface area contributed by atoms with Gasteiger partial charge in [0.15, 0.2) is 0 Å². The van der Waals surface area contributed by atoms with E-state index in [1.54, 1.807) is 0 Å². The van der Waals surface area contributed by atoms with Crippen LogP contribution < -0.4 is 5.32 Å². The zero-order valence-electron chi connectivity index (χ0n) is 11.1. The Labute approximate surface area is 122 Å². The van der Waals surface area contributed by atoms with Gasteiger partial charge < -0.3 is 10.4 Å². The number of benzene rings is 1. The standard InChI is InChI=1S/C15H19NOS2/c1-11(16-9-15(17)6-7-18-10-15)14-8-12-4-2-3-5-13(12)19-14/h2-5,8,11,16-17H,6-7,9-10H2,1H3/t11-,15+/m1/s1. The van der Waals surface area contributed by atoms with Crippen molar-refractivity contribution >= 4 is 33.2 Å². The molecule has 1 aliphatic rings. The lowest BCUT2D eigenvalue weighted by Crippen LogP contribution is -2.41. The van der Waals surface area contributed by atoms with E-state index in [0.29, 0.717) is 12.6 Å². The van der Waals surface area contributed by atoms with Crippen LogP contribution in [0.3, 0.4) is 0 Å². The molecular weight excluding hydrogens is 274 g/mol. The highest BCUT2D eigenvalue weighted by Crippen LogP contribution is 2.31. The topological polar surface area (TPSA) is 32.3 Å². The van der Waals surface area contributed by atoms with E-state index in [1.807, 2.05) is 23.1 Å². The Morgan fingerprint density at radius 2 is 2.26 bits per heavy atom. The summed E-state index contributed by atoms with van der Waals surface area (Å²) in [5.74, 6) is 1.94. The van der Waals surface area contributed by atoms with Crippen LogP contribution in [-0.2, 0) is 0 Å². The first kappa shape index (κ1) is 13.4. The average Bonchev–Trinajstić information content (AvgIpc) is 3.02. The van der Waals surface area contributed by atoms with Crippen LogP contribution in [-0.4, -0.2) is 28.8 Å². The van der Waals surface area contributed by atoms with Crippen molar-refractivity contribution in [2.45, 2.75) is 25.0 Å². The van der Waals surface area contributed by atoms with Gasteiger partial charge in [-0.05, 0) is 36.6 Å². The highest BCUT2D eigenvalue weighted by molar-refractivity contribution is 7.99. The molecule has 2 aromatic rings. The minimum absolute atomic E-state index is 0.298. The minimum atomic E-state index is -0.504. The molecular formula is C15H19NOS2. The van der Waals surface area contributed by atoms with Crippen LogP contribution in [0.4, 0.5) is 0 Å². The largest absolute Gasteiger partial charge is 0.388 e. The molecule has 0 aliphatic carbocycles. The lowest BCUT2D eigenvalue weighted by molar-refractivity contribution is 0.0652. The molecule has 0 radical (unpaired) electrons. The maximum absolute atomic E-state index is 10.3. The molecule has 1 aromatic carbocycles. The molecule has 0 amide bonds. The van der Waals surface area contributed by atoms with Crippen LogP contribution in [0.5, 0.6) is 0 Å². The third-order valence-corrected chi connectivity index (χ3v) is 6.22. The normalized spacial score (nSPS) is 24.9. The van der Waals surface area contributed by atoms with E-state index in [4.69, 9.17) is 0 Å². The van der Waals surface area contributed by atoms with Gasteiger partial charge in [0, 0.05) is 27.9 Å². The Balaban J connectivity index is 1.68. The van der Waals surface area contributed by atoms with Crippen LogP contribution in [0, 0.1) is 0 Å². The molecule has 1 aliphatic heterocycles. The van der Waals surface area contributed by atoms with E-state index in [0.717, 1.165) is 17.9 Å². The molecule has 0 bridgehead atoms. The zero-order chi connectivity index (χ0) is 13.3. The van der Waals surface area contributed by atoms with Crippen LogP contribution in [0.1, 0.15) is 24.3 Å². The van der Waals surface area contributed by atoms with Crippen molar-refractivity contribution in [1.82, 2.24) is 5.32 Å². The maximum Gasteiger partial charge on any atom is 0.0869 e. The molecule has 4 heteroatoms. The third kappa shape index (κ3) is 2.97. The number of aliphatic hydroxyl groups is 1. The summed E-state index contributed by atoms with van der Waals surface area (Å²) >= 11 is 3.68. The fourth-order valence-corrected chi connectivity index (χ4v) is 4.78. The number of hydrogen-bond acceptors (Lipinski definition) is 4. The van der Waals surface area contributed by atoms with Crippen LogP contribution in [0.25, 0.3) is 10.1 Å². The Bertz CT molecular complexity index is 527. The SMILES string of the molecule is C[C@@H](NC[C@@]1(O)CCSC1)c1cc2ccccc2s1. The number of thioether (sulfide) groups is 1. The molecule has 0 saturated carbocycles. The maximum atomic E-state index is 10.3. The molecule has 2 heterocycles. The van der Waals surface area contributed by atoms with Crippen molar-refractivity contribution in [3.8, 4) is 0 Å². The second kappa shape index (κ2) is 5.44. The van der Waals surface area contributed by atoms with Crippen molar-refractivity contribution in [2.75, 3.05) is 18.1 Å². The number of hydrogen-bond donors (Lipinski definition) is 2. The fraction of sp³-hybridized carbons (Fsp3) is 0.467. The van der Waals surface area contributed by atoms with E-state index < -0.39 is 5.60 Å². The molecule has 19 heavy (non-hydrogen) atoms. The predicted molar refractivity (Wildman–Crippen MR) is 85.1 cm³/mol. The second-order valence-corrected chi connectivity index (χ2v) is 7.54. The summed E-state index contributed by atoms with van der Waals surface area (Å²) in [5, 5.41) is 15.1. The monoisotopic (exact) mass is 293 g/mol. The summed E-state index contributed by atoms with van der Waals surface area (Å²) in [5.41, 5.74) is -0.504. The van der Waals surface area contributed by atoms with Gasteiger partial charge >= 0.3 is 0 Å². The van der Waals surface area contributed by atoms with E-state index in [9.17, 15) is 5.11 Å². The van der Waals surface area contributed by atoms with E-state index >= 15 is 0 Å². The first-order valence-corrected chi connectivity index (χ1v) is 8.65. The van der Waals surface area contributed by atoms with Crippen molar-refractivity contribution in [2.24, 2.45) is 0 Å². The van der Waals surface area contributed by atoms with Gasteiger partial charge in [-0.2, -0.15) is 11.8 Å². The molecule has 2 atom stereocenters. The lowest BCUT2D eigenvalue weighted by Gasteiger charge is -2.24. The van der Waals surface area contributed by atoms with E-state index in [1.165, 1.54) is 15.0 Å². The Kier molecular flexibility index (Phi) is 3.85. The molecule has 2 nitrogen and oxygen atoms in total.